The number of carboxylic acids is 1. The molecule has 0 spiro atoms. The number of nitrogens with zero attached hydrogens (tertiary/aromatic N) is 1. The molecule has 0 unspecified atom stereocenters. The van der Waals surface area contributed by atoms with Crippen molar-refractivity contribution in [1.29, 1.82) is 0 Å². The molecule has 5 heteroatoms. The molecule has 0 fully saturated rings. The third-order valence-electron chi connectivity index (χ3n) is 2.07. The molecule has 0 aliphatic carbocycles. The highest BCUT2D eigenvalue weighted by atomic mass is 32.1. The van der Waals surface area contributed by atoms with Crippen molar-refractivity contribution < 1.29 is 14.6 Å². The van der Waals surface area contributed by atoms with E-state index in [1.165, 1.54) is 11.3 Å². The average Bonchev–Trinajstić information content (AvgIpc) is 2.78. The van der Waals surface area contributed by atoms with E-state index in [0.29, 0.717) is 11.4 Å². The lowest BCUT2D eigenvalue weighted by Gasteiger charge is -2.03. The number of aromatic carboxylic acids is 1. The number of pyridine rings is 1. The molecule has 0 aliphatic rings. The molecule has 16 heavy (non-hydrogen) atoms. The van der Waals surface area contributed by atoms with E-state index in [4.69, 9.17) is 9.84 Å². The van der Waals surface area contributed by atoms with Crippen LogP contribution in [0.4, 0.5) is 0 Å². The number of methoxy groups -OCH3 is 1. The molecule has 2 heterocycles. The normalized spacial score (nSPS) is 10.1. The molecule has 0 atom stereocenters. The Hall–Kier alpha value is -1.88. The summed E-state index contributed by atoms with van der Waals surface area (Å²) in [6, 6.07) is 5.16. The molecule has 0 saturated carbocycles. The van der Waals surface area contributed by atoms with Crippen molar-refractivity contribution in [2.24, 2.45) is 0 Å². The second kappa shape index (κ2) is 4.32. The Balaban J connectivity index is 2.46. The molecule has 1 N–H and O–H groups in total. The van der Waals surface area contributed by atoms with Crippen molar-refractivity contribution in [3.63, 3.8) is 0 Å². The molecular formula is C11H9NO3S. The molecule has 4 nitrogen and oxygen atoms in total. The summed E-state index contributed by atoms with van der Waals surface area (Å²) in [4.78, 5) is 15.7. The maximum absolute atomic E-state index is 10.8. The van der Waals surface area contributed by atoms with Gasteiger partial charge in [-0.15, -0.1) is 11.3 Å². The molecule has 2 aromatic heterocycles. The minimum absolute atomic E-state index is 0.271. The number of thiophene rings is 1. The summed E-state index contributed by atoms with van der Waals surface area (Å²) >= 11 is 1.34. The van der Waals surface area contributed by atoms with E-state index < -0.39 is 5.97 Å². The van der Waals surface area contributed by atoms with Gasteiger partial charge in [0.15, 0.2) is 0 Å². The van der Waals surface area contributed by atoms with Gasteiger partial charge in [0.25, 0.3) is 0 Å². The van der Waals surface area contributed by atoms with Crippen LogP contribution < -0.4 is 4.74 Å². The first-order chi connectivity index (χ1) is 7.72. The minimum atomic E-state index is -0.933. The van der Waals surface area contributed by atoms with Gasteiger partial charge in [0, 0.05) is 11.6 Å². The smallest absolute Gasteiger partial charge is 0.336 e. The van der Waals surface area contributed by atoms with Crippen LogP contribution in [0.25, 0.3) is 10.6 Å². The van der Waals surface area contributed by atoms with Crippen molar-refractivity contribution in [2.75, 3.05) is 7.11 Å². The molecule has 0 aromatic carbocycles. The van der Waals surface area contributed by atoms with Crippen molar-refractivity contribution in [2.45, 2.75) is 0 Å². The molecule has 0 saturated heterocycles. The lowest BCUT2D eigenvalue weighted by Crippen LogP contribution is -1.92. The Bertz CT molecular complexity index is 521. The molecule has 2 aromatic rings. The fourth-order valence-electron chi connectivity index (χ4n) is 1.31. The second-order valence-corrected chi connectivity index (χ2v) is 3.97. The maximum Gasteiger partial charge on any atom is 0.336 e. The van der Waals surface area contributed by atoms with Crippen LogP contribution in [0.3, 0.4) is 0 Å². The predicted octanol–water partition coefficient (Wildman–Crippen LogP) is 2.52. The Labute approximate surface area is 96.1 Å². The largest absolute Gasteiger partial charge is 0.494 e. The van der Waals surface area contributed by atoms with Gasteiger partial charge >= 0.3 is 5.97 Å². The van der Waals surface area contributed by atoms with Crippen LogP contribution >= 0.6 is 11.3 Å². The summed E-state index contributed by atoms with van der Waals surface area (Å²) in [5, 5.41) is 10.4. The van der Waals surface area contributed by atoms with Gasteiger partial charge in [-0.1, -0.05) is 0 Å². The van der Waals surface area contributed by atoms with Crippen molar-refractivity contribution in [3.05, 3.63) is 35.3 Å². The Morgan fingerprint density at radius 1 is 1.56 bits per heavy atom. The monoisotopic (exact) mass is 235 g/mol. The van der Waals surface area contributed by atoms with Crippen LogP contribution in [0.5, 0.6) is 5.75 Å². The fourth-order valence-corrected chi connectivity index (χ4v) is 2.20. The van der Waals surface area contributed by atoms with Gasteiger partial charge < -0.3 is 9.84 Å². The van der Waals surface area contributed by atoms with Crippen LogP contribution in [-0.4, -0.2) is 23.2 Å². The van der Waals surface area contributed by atoms with Gasteiger partial charge in [-0.3, -0.25) is 4.98 Å². The highest BCUT2D eigenvalue weighted by Gasteiger charge is 2.12. The van der Waals surface area contributed by atoms with Crippen LogP contribution in [0.1, 0.15) is 10.4 Å². The highest BCUT2D eigenvalue weighted by molar-refractivity contribution is 7.13. The molecular weight excluding hydrogens is 226 g/mol. The van der Waals surface area contributed by atoms with E-state index in [1.807, 2.05) is 0 Å². The van der Waals surface area contributed by atoms with Crippen LogP contribution in [-0.2, 0) is 0 Å². The maximum atomic E-state index is 10.8. The summed E-state index contributed by atoms with van der Waals surface area (Å²) < 4.78 is 5.17. The quantitative estimate of drug-likeness (QED) is 0.888. The van der Waals surface area contributed by atoms with Gasteiger partial charge in [-0.25, -0.2) is 4.79 Å². The van der Waals surface area contributed by atoms with Gasteiger partial charge in [0.1, 0.15) is 11.4 Å². The Morgan fingerprint density at radius 2 is 2.38 bits per heavy atom. The standard InChI is InChI=1S/C11H9NO3S/c1-15-8-3-2-4-12-10(8)9-5-7(6-16-9)11(13)14/h2-6H,1H3,(H,13,14). The molecule has 2 rings (SSSR count). The van der Waals surface area contributed by atoms with Gasteiger partial charge in [-0.05, 0) is 18.2 Å². The zero-order valence-corrected chi connectivity index (χ0v) is 9.32. The van der Waals surface area contributed by atoms with Crippen molar-refractivity contribution in [1.82, 2.24) is 4.98 Å². The summed E-state index contributed by atoms with van der Waals surface area (Å²) in [6.07, 6.45) is 1.65. The number of aromatic nitrogens is 1. The molecule has 0 amide bonds. The van der Waals surface area contributed by atoms with Crippen LogP contribution in [0, 0.1) is 0 Å². The van der Waals surface area contributed by atoms with E-state index in [-0.39, 0.29) is 5.56 Å². The van der Waals surface area contributed by atoms with E-state index in [1.54, 1.807) is 36.9 Å². The first-order valence-electron chi connectivity index (χ1n) is 4.53. The van der Waals surface area contributed by atoms with Gasteiger partial charge in [-0.2, -0.15) is 0 Å². The number of ether oxygens (including phenoxy) is 1. The Kier molecular flexibility index (Phi) is 2.87. The zero-order valence-electron chi connectivity index (χ0n) is 8.51. The number of hydrogen-bond acceptors (Lipinski definition) is 4. The SMILES string of the molecule is COc1cccnc1-c1cc(C(=O)O)cs1. The van der Waals surface area contributed by atoms with Crippen molar-refractivity contribution in [3.8, 4) is 16.3 Å². The summed E-state index contributed by atoms with van der Waals surface area (Å²) in [7, 11) is 1.56. The summed E-state index contributed by atoms with van der Waals surface area (Å²) in [5.41, 5.74) is 0.940. The van der Waals surface area contributed by atoms with Crippen LogP contribution in [0.15, 0.2) is 29.8 Å². The average molecular weight is 235 g/mol. The molecule has 0 bridgehead atoms. The lowest BCUT2D eigenvalue weighted by molar-refractivity contribution is 0.0697. The lowest BCUT2D eigenvalue weighted by atomic mass is 10.2. The number of hydrogen-bond donors (Lipinski definition) is 1. The van der Waals surface area contributed by atoms with E-state index in [0.717, 1.165) is 4.88 Å². The molecule has 0 aliphatic heterocycles. The van der Waals surface area contributed by atoms with Crippen LogP contribution in [0.2, 0.25) is 0 Å². The minimum Gasteiger partial charge on any atom is -0.494 e. The molecule has 82 valence electrons. The van der Waals surface area contributed by atoms with E-state index in [9.17, 15) is 4.79 Å². The van der Waals surface area contributed by atoms with Gasteiger partial charge in [0.05, 0.1) is 17.6 Å². The summed E-state index contributed by atoms with van der Waals surface area (Å²) in [5.74, 6) is -0.293. The van der Waals surface area contributed by atoms with Crippen molar-refractivity contribution >= 4 is 17.3 Å². The number of carboxylic acid groups (broad SMARTS) is 1. The topological polar surface area (TPSA) is 59.4 Å². The Morgan fingerprint density at radius 3 is 3.00 bits per heavy atom. The van der Waals surface area contributed by atoms with Gasteiger partial charge in [0.2, 0.25) is 0 Å². The molecule has 0 radical (unpaired) electrons. The number of rotatable bonds is 3. The third kappa shape index (κ3) is 1.90. The second-order valence-electron chi connectivity index (χ2n) is 3.06. The predicted molar refractivity (Wildman–Crippen MR) is 61.1 cm³/mol. The number of carbonyl (C=O) groups is 1. The first-order valence-corrected chi connectivity index (χ1v) is 5.41. The van der Waals surface area contributed by atoms with E-state index in [2.05, 4.69) is 4.98 Å². The first kappa shape index (κ1) is 10.6. The third-order valence-corrected chi connectivity index (χ3v) is 3.01. The zero-order chi connectivity index (χ0) is 11.5. The highest BCUT2D eigenvalue weighted by Crippen LogP contribution is 2.32. The fraction of sp³-hybridized carbons (Fsp3) is 0.0909. The van der Waals surface area contributed by atoms with E-state index >= 15 is 0 Å². The summed E-state index contributed by atoms with van der Waals surface area (Å²) in [6.45, 7) is 0.